The molecule has 2 N–H and O–H groups in total. The predicted octanol–water partition coefficient (Wildman–Crippen LogP) is 3.23. The van der Waals surface area contributed by atoms with Gasteiger partial charge in [0.05, 0.1) is 5.60 Å². The number of fused-ring (bicyclic) bond motifs is 1. The van der Waals surface area contributed by atoms with Gasteiger partial charge in [-0.25, -0.2) is 4.79 Å². The van der Waals surface area contributed by atoms with Gasteiger partial charge >= 0.3 is 23.9 Å². The average Bonchev–Trinajstić information content (AvgIpc) is 3.49. The van der Waals surface area contributed by atoms with Crippen LogP contribution in [-0.2, 0) is 42.9 Å². The van der Waals surface area contributed by atoms with E-state index < -0.39 is 82.5 Å². The summed E-state index contributed by atoms with van der Waals surface area (Å²) in [6, 6.07) is 0. The lowest BCUT2D eigenvalue weighted by Gasteiger charge is -2.54. The molecular weight excluding hydrogens is 560 g/mol. The van der Waals surface area contributed by atoms with Crippen molar-refractivity contribution in [1.29, 1.82) is 0 Å². The third kappa shape index (κ3) is 5.76. The molecule has 43 heavy (non-hydrogen) atoms. The predicted molar refractivity (Wildman–Crippen MR) is 152 cm³/mol. The lowest BCUT2D eigenvalue weighted by Crippen LogP contribution is -2.67. The number of unbranched alkanes of at least 4 members (excludes halogenated alkanes) is 4. The zero-order chi connectivity index (χ0) is 32.0. The van der Waals surface area contributed by atoms with Crippen LogP contribution in [0.3, 0.4) is 0 Å². The molecule has 4 aliphatic rings. The summed E-state index contributed by atoms with van der Waals surface area (Å²) in [5.41, 5.74) is -5.84. The molecule has 1 spiro atoms. The molecule has 2 aliphatic carbocycles. The molecule has 2 saturated heterocycles. The molecule has 0 aromatic carbocycles. The highest BCUT2D eigenvalue weighted by Gasteiger charge is 2.87. The maximum atomic E-state index is 13.2. The Balaban J connectivity index is 1.85. The van der Waals surface area contributed by atoms with Gasteiger partial charge in [0, 0.05) is 38.0 Å². The number of rotatable bonds is 9. The topological polar surface area (TPSA) is 158 Å². The van der Waals surface area contributed by atoms with Gasteiger partial charge in [0.15, 0.2) is 17.3 Å². The Morgan fingerprint density at radius 2 is 1.67 bits per heavy atom. The van der Waals surface area contributed by atoms with Gasteiger partial charge in [0.2, 0.25) is 0 Å². The minimum Gasteiger partial charge on any atom is -0.461 e. The van der Waals surface area contributed by atoms with E-state index >= 15 is 0 Å². The van der Waals surface area contributed by atoms with Crippen LogP contribution in [0.4, 0.5) is 0 Å². The number of aliphatic hydroxyl groups is 2. The molecule has 0 radical (unpaired) electrons. The third-order valence-corrected chi connectivity index (χ3v) is 9.79. The van der Waals surface area contributed by atoms with Crippen molar-refractivity contribution in [3.8, 4) is 0 Å². The number of aliphatic hydroxyl groups excluding tert-OH is 1. The molecule has 2 aliphatic heterocycles. The highest BCUT2D eigenvalue weighted by Crippen LogP contribution is 2.65. The van der Waals surface area contributed by atoms with Crippen molar-refractivity contribution >= 4 is 23.9 Å². The minimum absolute atomic E-state index is 0.00835. The molecule has 0 unspecified atom stereocenters. The van der Waals surface area contributed by atoms with Crippen molar-refractivity contribution < 1.29 is 53.1 Å². The lowest BCUT2D eigenvalue weighted by molar-refractivity contribution is -0.215. The second-order valence-electron chi connectivity index (χ2n) is 13.0. The summed E-state index contributed by atoms with van der Waals surface area (Å²) < 4.78 is 29.7. The van der Waals surface area contributed by atoms with E-state index in [0.717, 1.165) is 25.7 Å². The van der Waals surface area contributed by atoms with E-state index in [1.807, 2.05) is 0 Å². The monoisotopic (exact) mass is 606 g/mol. The molecular formula is C32H46O11. The number of hydrogen-bond acceptors (Lipinski definition) is 11. The summed E-state index contributed by atoms with van der Waals surface area (Å²) in [7, 11) is 0. The van der Waals surface area contributed by atoms with Crippen LogP contribution in [-0.4, -0.2) is 81.4 Å². The van der Waals surface area contributed by atoms with E-state index in [-0.39, 0.29) is 12.8 Å². The van der Waals surface area contributed by atoms with Crippen LogP contribution in [0.2, 0.25) is 0 Å². The first-order chi connectivity index (χ1) is 20.0. The zero-order valence-corrected chi connectivity index (χ0v) is 26.2. The standard InChI is InChI=1S/C32H46O11/c1-8-9-10-11-12-13-25(36)41-21-17-23(39-19(3)33)29(5)15-14-22(35)30(6,38)26(29)27(40-20(4)34)32-24(16-18(21)2)42-28(37)31(32,7)43-32/h14-16,21-24,26-27,35,38H,8-13,17H2,1-7H3/b18-16-/t21-,22+,23+,24+,26-,27-,29-,30+,31+,32+/m1/s1. The van der Waals surface area contributed by atoms with Crippen molar-refractivity contribution in [3.63, 3.8) is 0 Å². The lowest BCUT2D eigenvalue weighted by atomic mass is 9.55. The van der Waals surface area contributed by atoms with Crippen LogP contribution in [0, 0.1) is 11.3 Å². The molecule has 0 saturated carbocycles. The number of carbonyl (C=O) groups excluding carboxylic acids is 4. The van der Waals surface area contributed by atoms with E-state index in [1.165, 1.54) is 33.8 Å². The average molecular weight is 607 g/mol. The molecule has 2 fully saturated rings. The number of hydrogen-bond donors (Lipinski definition) is 2. The van der Waals surface area contributed by atoms with E-state index in [0.29, 0.717) is 12.0 Å². The normalized spacial score (nSPS) is 42.7. The SMILES string of the molecule is CCCCCCCC(=O)O[C@@H]1C[C@H](OC(C)=O)[C@@]2(C)C=C[C@H](O)[C@](C)(O)[C@@H]2[C@@H](OC(C)=O)[C@]23O[C@@]2(C)C(=O)O[C@H]3/C=C\1C. The first kappa shape index (κ1) is 33.1. The fourth-order valence-electron chi connectivity index (χ4n) is 7.33. The Bertz CT molecular complexity index is 1190. The van der Waals surface area contributed by atoms with Gasteiger partial charge in [-0.05, 0) is 38.8 Å². The molecule has 240 valence electrons. The van der Waals surface area contributed by atoms with Crippen LogP contribution < -0.4 is 0 Å². The van der Waals surface area contributed by atoms with Gasteiger partial charge in [0.25, 0.3) is 0 Å². The van der Waals surface area contributed by atoms with Crippen LogP contribution in [0.5, 0.6) is 0 Å². The highest BCUT2D eigenvalue weighted by molar-refractivity contribution is 5.89. The van der Waals surface area contributed by atoms with E-state index in [2.05, 4.69) is 6.92 Å². The van der Waals surface area contributed by atoms with E-state index in [4.69, 9.17) is 23.7 Å². The first-order valence-corrected chi connectivity index (χ1v) is 15.3. The molecule has 0 bridgehead atoms. The van der Waals surface area contributed by atoms with Crippen molar-refractivity contribution in [1.82, 2.24) is 0 Å². The molecule has 2 heterocycles. The highest BCUT2D eigenvalue weighted by atomic mass is 16.7. The molecule has 4 rings (SSSR count). The van der Waals surface area contributed by atoms with Crippen molar-refractivity contribution in [3.05, 3.63) is 23.8 Å². The van der Waals surface area contributed by atoms with E-state index in [9.17, 15) is 29.4 Å². The summed E-state index contributed by atoms with van der Waals surface area (Å²) in [5, 5.41) is 22.9. The molecule has 11 heteroatoms. The Hall–Kier alpha value is -2.76. The van der Waals surface area contributed by atoms with Gasteiger partial charge in [0.1, 0.15) is 24.4 Å². The fourth-order valence-corrected chi connectivity index (χ4v) is 7.33. The quantitative estimate of drug-likeness (QED) is 0.130. The molecule has 0 amide bonds. The smallest absolute Gasteiger partial charge is 0.342 e. The number of ether oxygens (including phenoxy) is 5. The first-order valence-electron chi connectivity index (χ1n) is 15.3. The van der Waals surface area contributed by atoms with Gasteiger partial charge in [-0.1, -0.05) is 51.7 Å². The molecule has 11 nitrogen and oxygen atoms in total. The van der Waals surface area contributed by atoms with Crippen LogP contribution in [0.15, 0.2) is 23.8 Å². The third-order valence-electron chi connectivity index (χ3n) is 9.79. The number of esters is 4. The Morgan fingerprint density at radius 3 is 2.28 bits per heavy atom. The number of epoxide rings is 1. The Labute approximate surface area is 252 Å². The summed E-state index contributed by atoms with van der Waals surface area (Å²) in [4.78, 5) is 51.3. The van der Waals surface area contributed by atoms with Crippen molar-refractivity contribution in [2.24, 2.45) is 11.3 Å². The largest absolute Gasteiger partial charge is 0.461 e. The maximum Gasteiger partial charge on any atom is 0.342 e. The Morgan fingerprint density at radius 1 is 1.02 bits per heavy atom. The summed E-state index contributed by atoms with van der Waals surface area (Å²) in [6.07, 6.45) is 3.91. The zero-order valence-electron chi connectivity index (χ0n) is 26.2. The van der Waals surface area contributed by atoms with Gasteiger partial charge in [-0.3, -0.25) is 14.4 Å². The van der Waals surface area contributed by atoms with Crippen molar-refractivity contribution in [2.75, 3.05) is 0 Å². The summed E-state index contributed by atoms with van der Waals surface area (Å²) >= 11 is 0. The second-order valence-corrected chi connectivity index (χ2v) is 13.0. The van der Waals surface area contributed by atoms with Gasteiger partial charge < -0.3 is 33.9 Å². The van der Waals surface area contributed by atoms with Crippen LogP contribution in [0.1, 0.15) is 93.4 Å². The van der Waals surface area contributed by atoms with E-state index in [1.54, 1.807) is 26.0 Å². The van der Waals surface area contributed by atoms with Gasteiger partial charge in [-0.15, -0.1) is 0 Å². The fraction of sp³-hybridized carbons (Fsp3) is 0.750. The maximum absolute atomic E-state index is 13.2. The van der Waals surface area contributed by atoms with Gasteiger partial charge in [-0.2, -0.15) is 0 Å². The molecule has 10 atom stereocenters. The summed E-state index contributed by atoms with van der Waals surface area (Å²) in [5.74, 6) is -3.59. The summed E-state index contributed by atoms with van der Waals surface area (Å²) in [6.45, 7) is 10.9. The Kier molecular flexibility index (Phi) is 9.22. The molecule has 0 aromatic rings. The molecule has 0 aromatic heterocycles. The second kappa shape index (κ2) is 12.0. The van der Waals surface area contributed by atoms with Crippen LogP contribution >= 0.6 is 0 Å². The minimum atomic E-state index is -1.96. The van der Waals surface area contributed by atoms with Crippen LogP contribution in [0.25, 0.3) is 0 Å². The van der Waals surface area contributed by atoms with Crippen molar-refractivity contribution in [2.45, 2.75) is 141 Å². The number of carbonyl (C=O) groups is 4.